The summed E-state index contributed by atoms with van der Waals surface area (Å²) in [6, 6.07) is 6.21. The molecule has 4 unspecified atom stereocenters. The minimum atomic E-state index is -4.02. The summed E-state index contributed by atoms with van der Waals surface area (Å²) in [5.74, 6) is -0.717. The van der Waals surface area contributed by atoms with Gasteiger partial charge in [0, 0.05) is 27.7 Å². The summed E-state index contributed by atoms with van der Waals surface area (Å²) in [4.78, 5) is 14.1. The van der Waals surface area contributed by atoms with Crippen LogP contribution in [0.15, 0.2) is 35.4 Å². The fraction of sp³-hybridized carbons (Fsp3) is 0.500. The highest BCUT2D eigenvalue weighted by Gasteiger charge is 2.33. The zero-order valence-corrected chi connectivity index (χ0v) is 19.6. The summed E-state index contributed by atoms with van der Waals surface area (Å²) in [6.45, 7) is 0.529. The molecule has 1 aromatic carbocycles. The van der Waals surface area contributed by atoms with Crippen molar-refractivity contribution in [2.24, 2.45) is 7.05 Å². The van der Waals surface area contributed by atoms with Crippen LogP contribution < -0.4 is 4.31 Å². The Balaban J connectivity index is 2.27. The first-order chi connectivity index (χ1) is 15.3. The van der Waals surface area contributed by atoms with E-state index in [4.69, 9.17) is 5.11 Å². The lowest BCUT2D eigenvalue weighted by Crippen LogP contribution is -2.50. The van der Waals surface area contributed by atoms with Gasteiger partial charge in [-0.05, 0) is 19.1 Å². The molecule has 184 valence electrons. The van der Waals surface area contributed by atoms with E-state index in [9.17, 15) is 33.6 Å². The fourth-order valence-electron chi connectivity index (χ4n) is 3.18. The summed E-state index contributed by atoms with van der Waals surface area (Å²) in [5.41, 5.74) is 0.808. The number of aromatic nitrogens is 2. The van der Waals surface area contributed by atoms with Crippen LogP contribution >= 0.6 is 0 Å². The van der Waals surface area contributed by atoms with Crippen molar-refractivity contribution < 1.29 is 38.7 Å². The SMILES string of the molecule is Cc1ccc(S(=O)(=O)N(C)c2c(C(=O)N(C)CC(O)C(O)C(O)C(O)CO)cnn2C)cc1. The van der Waals surface area contributed by atoms with Gasteiger partial charge in [-0.2, -0.15) is 5.10 Å². The number of rotatable bonds is 10. The first kappa shape index (κ1) is 26.7. The number of benzene rings is 1. The Hall–Kier alpha value is -2.55. The molecule has 1 aromatic heterocycles. The van der Waals surface area contributed by atoms with Gasteiger partial charge in [-0.25, -0.2) is 8.42 Å². The van der Waals surface area contributed by atoms with E-state index in [0.29, 0.717) is 0 Å². The van der Waals surface area contributed by atoms with Gasteiger partial charge in [0.1, 0.15) is 30.0 Å². The van der Waals surface area contributed by atoms with E-state index < -0.39 is 53.5 Å². The van der Waals surface area contributed by atoms with E-state index in [1.807, 2.05) is 6.92 Å². The van der Waals surface area contributed by atoms with Crippen LogP contribution in [0, 0.1) is 6.92 Å². The maximum atomic E-state index is 13.1. The van der Waals surface area contributed by atoms with E-state index in [-0.39, 0.29) is 16.3 Å². The van der Waals surface area contributed by atoms with Crippen molar-refractivity contribution in [1.29, 1.82) is 0 Å². The summed E-state index contributed by atoms with van der Waals surface area (Å²) < 4.78 is 28.3. The van der Waals surface area contributed by atoms with Gasteiger partial charge < -0.3 is 30.4 Å². The molecule has 0 fully saturated rings. The van der Waals surface area contributed by atoms with Crippen molar-refractivity contribution in [3.8, 4) is 0 Å². The Bertz CT molecular complexity index is 1060. The zero-order valence-electron chi connectivity index (χ0n) is 18.8. The van der Waals surface area contributed by atoms with Gasteiger partial charge in [0.25, 0.3) is 15.9 Å². The van der Waals surface area contributed by atoms with E-state index in [2.05, 4.69) is 5.10 Å². The molecule has 0 aliphatic rings. The van der Waals surface area contributed by atoms with Gasteiger partial charge in [-0.3, -0.25) is 13.8 Å². The molecule has 13 heteroatoms. The zero-order chi connectivity index (χ0) is 25.1. The number of aryl methyl sites for hydroxylation is 2. The fourth-order valence-corrected chi connectivity index (χ4v) is 4.42. The van der Waals surface area contributed by atoms with E-state index in [0.717, 1.165) is 14.8 Å². The Labute approximate surface area is 192 Å². The molecule has 0 bridgehead atoms. The molecular weight excluding hydrogens is 456 g/mol. The maximum absolute atomic E-state index is 13.1. The molecule has 1 heterocycles. The van der Waals surface area contributed by atoms with Gasteiger partial charge in [0.2, 0.25) is 0 Å². The molecule has 12 nitrogen and oxygen atoms in total. The van der Waals surface area contributed by atoms with E-state index in [1.165, 1.54) is 44.2 Å². The van der Waals surface area contributed by atoms with Crippen LogP contribution in [0.4, 0.5) is 5.82 Å². The lowest BCUT2D eigenvalue weighted by Gasteiger charge is -2.29. The van der Waals surface area contributed by atoms with Gasteiger partial charge >= 0.3 is 0 Å². The normalized spacial score (nSPS) is 15.5. The molecular formula is C20H30N4O8S. The van der Waals surface area contributed by atoms with Crippen LogP contribution in [0.5, 0.6) is 0 Å². The summed E-state index contributed by atoms with van der Waals surface area (Å²) in [7, 11) is 0.0454. The first-order valence-electron chi connectivity index (χ1n) is 9.99. The Morgan fingerprint density at radius 3 is 2.15 bits per heavy atom. The lowest BCUT2D eigenvalue weighted by atomic mass is 10.0. The smallest absolute Gasteiger partial charge is 0.265 e. The van der Waals surface area contributed by atoms with Gasteiger partial charge in [-0.15, -0.1) is 0 Å². The molecule has 0 spiro atoms. The third kappa shape index (κ3) is 5.69. The molecule has 2 rings (SSSR count). The predicted molar refractivity (Wildman–Crippen MR) is 118 cm³/mol. The number of sulfonamides is 1. The number of carbonyl (C=O) groups excluding carboxylic acids is 1. The van der Waals surface area contributed by atoms with E-state index in [1.54, 1.807) is 12.1 Å². The van der Waals surface area contributed by atoms with Crippen molar-refractivity contribution in [2.45, 2.75) is 36.2 Å². The maximum Gasteiger partial charge on any atom is 0.265 e. The van der Waals surface area contributed by atoms with Crippen LogP contribution in [-0.2, 0) is 17.1 Å². The molecule has 1 amide bonds. The second-order valence-electron chi connectivity index (χ2n) is 7.78. The summed E-state index contributed by atoms with van der Waals surface area (Å²) in [6.07, 6.45) is -5.85. The minimum absolute atomic E-state index is 0.0156. The van der Waals surface area contributed by atoms with Gasteiger partial charge in [0.15, 0.2) is 5.82 Å². The van der Waals surface area contributed by atoms with Crippen LogP contribution in [0.2, 0.25) is 0 Å². The molecule has 0 saturated carbocycles. The third-order valence-electron chi connectivity index (χ3n) is 5.25. The molecule has 4 atom stereocenters. The number of hydrogen-bond acceptors (Lipinski definition) is 9. The predicted octanol–water partition coefficient (Wildman–Crippen LogP) is -1.94. The number of amides is 1. The number of carbonyl (C=O) groups is 1. The van der Waals surface area contributed by atoms with Crippen LogP contribution in [-0.4, -0.2) is 106 Å². The van der Waals surface area contributed by atoms with Gasteiger partial charge in [0.05, 0.1) is 17.7 Å². The molecule has 33 heavy (non-hydrogen) atoms. The number of aliphatic hydroxyl groups is 5. The first-order valence-corrected chi connectivity index (χ1v) is 11.4. The molecule has 0 aliphatic carbocycles. The van der Waals surface area contributed by atoms with Crippen molar-refractivity contribution in [3.63, 3.8) is 0 Å². The Morgan fingerprint density at radius 1 is 1.06 bits per heavy atom. The van der Waals surface area contributed by atoms with Crippen molar-refractivity contribution in [3.05, 3.63) is 41.6 Å². The van der Waals surface area contributed by atoms with Gasteiger partial charge in [-0.1, -0.05) is 17.7 Å². The van der Waals surface area contributed by atoms with Crippen LogP contribution in [0.25, 0.3) is 0 Å². The largest absolute Gasteiger partial charge is 0.394 e. The van der Waals surface area contributed by atoms with Crippen molar-refractivity contribution in [2.75, 3.05) is 31.6 Å². The second-order valence-corrected chi connectivity index (χ2v) is 9.74. The number of likely N-dealkylation sites (N-methyl/N-ethyl adjacent to an activating group) is 1. The average Bonchev–Trinajstić information content (AvgIpc) is 3.17. The quantitative estimate of drug-likeness (QED) is 0.256. The number of nitrogens with zero attached hydrogens (tertiary/aromatic N) is 4. The van der Waals surface area contributed by atoms with Crippen LogP contribution in [0.3, 0.4) is 0 Å². The third-order valence-corrected chi connectivity index (χ3v) is 7.01. The highest BCUT2D eigenvalue weighted by molar-refractivity contribution is 7.92. The molecule has 2 aromatic rings. The Morgan fingerprint density at radius 2 is 1.61 bits per heavy atom. The summed E-state index contributed by atoms with van der Waals surface area (Å²) >= 11 is 0. The topological polar surface area (TPSA) is 177 Å². The van der Waals surface area contributed by atoms with E-state index >= 15 is 0 Å². The standard InChI is InChI=1S/C20H30N4O8S/c1-12-5-7-13(8-6-12)33(31,32)24(4)19-14(9-21-23(19)3)20(30)22(2)10-15(26)17(28)18(29)16(27)11-25/h5-9,15-18,25-29H,10-11H2,1-4H3. The summed E-state index contributed by atoms with van der Waals surface area (Å²) in [5, 5.41) is 52.2. The number of anilines is 1. The number of hydrogen-bond donors (Lipinski definition) is 5. The number of aliphatic hydroxyl groups excluding tert-OH is 5. The molecule has 5 N–H and O–H groups in total. The Kier molecular flexibility index (Phi) is 8.57. The lowest BCUT2D eigenvalue weighted by molar-refractivity contribution is -0.117. The highest BCUT2D eigenvalue weighted by Crippen LogP contribution is 2.26. The molecule has 0 saturated heterocycles. The highest BCUT2D eigenvalue weighted by atomic mass is 32.2. The second kappa shape index (κ2) is 10.6. The monoisotopic (exact) mass is 486 g/mol. The molecule has 0 radical (unpaired) electrons. The van der Waals surface area contributed by atoms with Crippen molar-refractivity contribution in [1.82, 2.24) is 14.7 Å². The average molecular weight is 487 g/mol. The van der Waals surface area contributed by atoms with Crippen LogP contribution in [0.1, 0.15) is 15.9 Å². The molecule has 0 aliphatic heterocycles. The van der Waals surface area contributed by atoms with Crippen molar-refractivity contribution >= 4 is 21.7 Å². The minimum Gasteiger partial charge on any atom is -0.394 e.